The van der Waals surface area contributed by atoms with Crippen LogP contribution < -0.4 is 0 Å². The molecule has 0 aromatic rings. The number of aliphatic hydroxyl groups is 1. The first kappa shape index (κ1) is 93.1. The van der Waals surface area contributed by atoms with Gasteiger partial charge in [-0.2, -0.15) is 0 Å². The van der Waals surface area contributed by atoms with Gasteiger partial charge in [0, 0.05) is 25.7 Å². The molecule has 0 aromatic carbocycles. The fourth-order valence-corrected chi connectivity index (χ4v) is 13.2. The molecule has 3 N–H and O–H groups in total. The van der Waals surface area contributed by atoms with E-state index in [4.69, 9.17) is 37.0 Å². The summed E-state index contributed by atoms with van der Waals surface area (Å²) in [4.78, 5) is 72.8. The minimum Gasteiger partial charge on any atom is -0.462 e. The average molecular weight is 1400 g/mol. The summed E-state index contributed by atoms with van der Waals surface area (Å²) in [5, 5.41) is 10.6. The molecule has 6 atom stereocenters. The summed E-state index contributed by atoms with van der Waals surface area (Å²) >= 11 is 0. The maximum absolute atomic E-state index is 13.1. The van der Waals surface area contributed by atoms with Crippen molar-refractivity contribution < 1.29 is 80.2 Å². The zero-order chi connectivity index (χ0) is 70.0. The predicted octanol–water partition coefficient (Wildman–Crippen LogP) is 22.3. The molecule has 0 spiro atoms. The molecule has 0 aromatic heterocycles. The van der Waals surface area contributed by atoms with Gasteiger partial charge in [-0.05, 0) is 37.5 Å². The number of phosphoric acid groups is 2. The van der Waals surface area contributed by atoms with Gasteiger partial charge in [0.2, 0.25) is 0 Å². The highest BCUT2D eigenvalue weighted by molar-refractivity contribution is 7.47. The van der Waals surface area contributed by atoms with Gasteiger partial charge in [0.15, 0.2) is 12.2 Å². The summed E-state index contributed by atoms with van der Waals surface area (Å²) in [6.45, 7) is 9.59. The molecule has 0 heterocycles. The molecule has 0 radical (unpaired) electrons. The lowest BCUT2D eigenvalue weighted by atomic mass is 10.00. The fraction of sp³-hybridized carbons (Fsp3) is 0.947. The van der Waals surface area contributed by atoms with Crippen LogP contribution in [-0.4, -0.2) is 96.7 Å². The SMILES string of the molecule is CCCCCCCCCCCCCCCCCC(=O)OC[C@H](COP(=O)(O)OC[C@@H](O)COP(=O)(O)OC[C@@H](COC(=O)CCCCCCCCC(C)CC)OC(=O)CCCCCCCCCCCCCC)OC(=O)CCCCCCCCCCCCCCCCCC(C)C. The van der Waals surface area contributed by atoms with Crippen LogP contribution in [0.1, 0.15) is 395 Å². The summed E-state index contributed by atoms with van der Waals surface area (Å²) in [5.41, 5.74) is 0. The summed E-state index contributed by atoms with van der Waals surface area (Å²) in [6, 6.07) is 0. The first-order valence-corrected chi connectivity index (χ1v) is 42.5. The topological polar surface area (TPSA) is 237 Å². The molecule has 19 heteroatoms. The molecule has 0 amide bonds. The van der Waals surface area contributed by atoms with Crippen LogP contribution in [0.2, 0.25) is 0 Å². The molecule has 564 valence electrons. The zero-order valence-corrected chi connectivity index (χ0v) is 63.8. The number of unbranched alkanes of at least 4 members (excludes halogenated alkanes) is 44. The molecule has 3 unspecified atom stereocenters. The first-order chi connectivity index (χ1) is 45.9. The van der Waals surface area contributed by atoms with E-state index in [1.165, 1.54) is 205 Å². The van der Waals surface area contributed by atoms with Crippen LogP contribution in [0, 0.1) is 11.8 Å². The smallest absolute Gasteiger partial charge is 0.462 e. The minimum atomic E-state index is -4.96. The van der Waals surface area contributed by atoms with E-state index in [0.717, 1.165) is 108 Å². The Kier molecular flexibility index (Phi) is 66.5. The number of hydrogen-bond acceptors (Lipinski definition) is 15. The standard InChI is InChI=1S/C76H148O17P2/c1-7-10-12-14-16-18-20-22-24-28-32-35-39-46-52-58-73(78)86-64-71(92-76(81)61-55-49-41-37-33-29-26-23-25-27-30-34-38-44-50-56-68(4)5)66-90-94(82,83)88-62-70(77)63-89-95(84,85)91-67-72(65-87-74(79)59-53-47-43-42-45-51-57-69(6)9-3)93-75(80)60-54-48-40-36-31-21-19-17-15-13-11-8-2/h68-72,77H,7-67H2,1-6H3,(H,82,83)(H,84,85)/t69?,70-,71-,72-/m1/s1. The number of esters is 4. The molecule has 0 aliphatic carbocycles. The number of ether oxygens (including phenoxy) is 4. The second-order valence-corrected chi connectivity index (χ2v) is 31.0. The van der Waals surface area contributed by atoms with Gasteiger partial charge in [-0.25, -0.2) is 9.13 Å². The van der Waals surface area contributed by atoms with Crippen molar-refractivity contribution in [2.24, 2.45) is 11.8 Å². The van der Waals surface area contributed by atoms with E-state index in [-0.39, 0.29) is 25.7 Å². The van der Waals surface area contributed by atoms with E-state index in [9.17, 15) is 43.2 Å². The quantitative estimate of drug-likeness (QED) is 0.0222. The Bertz CT molecular complexity index is 1840. The lowest BCUT2D eigenvalue weighted by molar-refractivity contribution is -0.161. The van der Waals surface area contributed by atoms with E-state index < -0.39 is 97.5 Å². The van der Waals surface area contributed by atoms with E-state index in [1.807, 2.05) is 0 Å². The van der Waals surface area contributed by atoms with E-state index in [1.54, 1.807) is 0 Å². The van der Waals surface area contributed by atoms with Crippen LogP contribution in [-0.2, 0) is 65.4 Å². The Morgan fingerprint density at radius 2 is 0.537 bits per heavy atom. The second-order valence-electron chi connectivity index (χ2n) is 28.1. The second kappa shape index (κ2) is 67.9. The number of carbonyl (C=O) groups excluding carboxylic acids is 4. The van der Waals surface area contributed by atoms with Gasteiger partial charge in [-0.1, -0.05) is 343 Å². The Hall–Kier alpha value is -1.94. The highest BCUT2D eigenvalue weighted by Gasteiger charge is 2.30. The van der Waals surface area contributed by atoms with Crippen LogP contribution in [0.25, 0.3) is 0 Å². The summed E-state index contributed by atoms with van der Waals surface area (Å²) in [5.74, 6) is -0.581. The first-order valence-electron chi connectivity index (χ1n) is 39.5. The van der Waals surface area contributed by atoms with E-state index >= 15 is 0 Å². The van der Waals surface area contributed by atoms with Gasteiger partial charge in [-0.3, -0.25) is 37.3 Å². The Morgan fingerprint density at radius 1 is 0.305 bits per heavy atom. The van der Waals surface area contributed by atoms with Gasteiger partial charge in [0.05, 0.1) is 26.4 Å². The molecule has 95 heavy (non-hydrogen) atoms. The summed E-state index contributed by atoms with van der Waals surface area (Å²) in [6.07, 6.45) is 55.4. The van der Waals surface area contributed by atoms with Gasteiger partial charge in [0.25, 0.3) is 0 Å². The van der Waals surface area contributed by atoms with Crippen molar-refractivity contribution in [2.45, 2.75) is 413 Å². The van der Waals surface area contributed by atoms with Crippen molar-refractivity contribution in [1.29, 1.82) is 0 Å². The van der Waals surface area contributed by atoms with Crippen molar-refractivity contribution in [2.75, 3.05) is 39.6 Å². The third-order valence-corrected chi connectivity index (χ3v) is 20.0. The molecule has 0 bridgehead atoms. The zero-order valence-electron chi connectivity index (χ0n) is 62.0. The van der Waals surface area contributed by atoms with Crippen molar-refractivity contribution in [1.82, 2.24) is 0 Å². The number of hydrogen-bond donors (Lipinski definition) is 3. The summed E-state index contributed by atoms with van der Waals surface area (Å²) in [7, 11) is -9.91. The van der Waals surface area contributed by atoms with Crippen molar-refractivity contribution in [3.8, 4) is 0 Å². The lowest BCUT2D eigenvalue weighted by Gasteiger charge is -2.21. The van der Waals surface area contributed by atoms with Crippen molar-refractivity contribution in [3.05, 3.63) is 0 Å². The third kappa shape index (κ3) is 69.0. The van der Waals surface area contributed by atoms with Crippen molar-refractivity contribution in [3.63, 3.8) is 0 Å². The monoisotopic (exact) mass is 1400 g/mol. The van der Waals surface area contributed by atoms with E-state index in [2.05, 4.69) is 41.5 Å². The maximum atomic E-state index is 13.1. The van der Waals surface area contributed by atoms with E-state index in [0.29, 0.717) is 25.7 Å². The molecule has 0 aliphatic heterocycles. The van der Waals surface area contributed by atoms with Crippen molar-refractivity contribution >= 4 is 39.5 Å². The normalized spacial score (nSPS) is 14.3. The van der Waals surface area contributed by atoms with Crippen LogP contribution in [0.15, 0.2) is 0 Å². The van der Waals surface area contributed by atoms with Crippen LogP contribution in [0.5, 0.6) is 0 Å². The molecule has 0 rings (SSSR count). The largest absolute Gasteiger partial charge is 0.472 e. The number of aliphatic hydroxyl groups excluding tert-OH is 1. The number of rotatable bonds is 75. The van der Waals surface area contributed by atoms with Gasteiger partial charge in [0.1, 0.15) is 19.3 Å². The number of carbonyl (C=O) groups is 4. The Balaban J connectivity index is 5.24. The fourth-order valence-electron chi connectivity index (χ4n) is 11.6. The number of phosphoric ester groups is 2. The molecule has 0 saturated heterocycles. The molecule has 17 nitrogen and oxygen atoms in total. The molecule has 0 saturated carbocycles. The highest BCUT2D eigenvalue weighted by Crippen LogP contribution is 2.45. The Morgan fingerprint density at radius 3 is 0.800 bits per heavy atom. The van der Waals surface area contributed by atoms with Gasteiger partial charge in [-0.15, -0.1) is 0 Å². The maximum Gasteiger partial charge on any atom is 0.472 e. The van der Waals surface area contributed by atoms with Crippen LogP contribution in [0.4, 0.5) is 0 Å². The molecule has 0 fully saturated rings. The lowest BCUT2D eigenvalue weighted by Crippen LogP contribution is -2.30. The Labute approximate surface area is 581 Å². The highest BCUT2D eigenvalue weighted by atomic mass is 31.2. The molecular weight excluding hydrogens is 1250 g/mol. The van der Waals surface area contributed by atoms with Crippen LogP contribution >= 0.6 is 15.6 Å². The molecular formula is C76H148O17P2. The van der Waals surface area contributed by atoms with Gasteiger partial charge < -0.3 is 33.8 Å². The average Bonchev–Trinajstić information content (AvgIpc) is 1.60. The predicted molar refractivity (Wildman–Crippen MR) is 386 cm³/mol. The molecule has 0 aliphatic rings. The van der Waals surface area contributed by atoms with Gasteiger partial charge >= 0.3 is 39.5 Å². The third-order valence-electron chi connectivity index (χ3n) is 18.1. The summed E-state index contributed by atoms with van der Waals surface area (Å²) < 4.78 is 68.5. The van der Waals surface area contributed by atoms with Crippen LogP contribution in [0.3, 0.4) is 0 Å². The minimum absolute atomic E-state index is 0.107.